The number of allylic oxidation sites excluding steroid dienone is 2. The van der Waals surface area contributed by atoms with Crippen LogP contribution >= 0.6 is 0 Å². The zero-order chi connectivity index (χ0) is 22.1. The van der Waals surface area contributed by atoms with E-state index in [0.717, 1.165) is 49.4 Å². The van der Waals surface area contributed by atoms with Gasteiger partial charge in [0.05, 0.1) is 17.1 Å². The molecule has 0 spiro atoms. The highest BCUT2D eigenvalue weighted by molar-refractivity contribution is 5.92. The molecule has 0 aliphatic heterocycles. The Labute approximate surface area is 184 Å². The maximum Gasteiger partial charge on any atom is 0.159 e. The molecule has 5 rings (SSSR count). The summed E-state index contributed by atoms with van der Waals surface area (Å²) in [6, 6.07) is 6.00. The van der Waals surface area contributed by atoms with Gasteiger partial charge >= 0.3 is 0 Å². The first kappa shape index (κ1) is 19.6. The van der Waals surface area contributed by atoms with Crippen LogP contribution in [-0.4, -0.2) is 35.1 Å². The number of aromatic nitrogens is 7. The molecular formula is C25H21N7. The molecule has 0 aromatic carbocycles. The molecule has 0 atom stereocenters. The Morgan fingerprint density at radius 2 is 1.94 bits per heavy atom. The van der Waals surface area contributed by atoms with E-state index in [1.165, 1.54) is 0 Å². The fourth-order valence-corrected chi connectivity index (χ4v) is 3.57. The van der Waals surface area contributed by atoms with Gasteiger partial charge in [0.1, 0.15) is 11.2 Å². The Morgan fingerprint density at radius 1 is 1.06 bits per heavy atom. The third kappa shape index (κ3) is 3.60. The third-order valence-corrected chi connectivity index (χ3v) is 5.32. The SMILES string of the molecule is C=c1c(-c2nc3c(-c4cccnc4)cncc3[nH]2)n[nH]/c1=C/C=C(\C)c1cncc(C)c1. The molecule has 156 valence electrons. The Morgan fingerprint density at radius 3 is 2.75 bits per heavy atom. The van der Waals surface area contributed by atoms with Crippen LogP contribution in [0.1, 0.15) is 18.1 Å². The first-order valence-electron chi connectivity index (χ1n) is 10.2. The number of rotatable bonds is 4. The number of imidazole rings is 1. The van der Waals surface area contributed by atoms with Gasteiger partial charge in [-0.25, -0.2) is 4.98 Å². The Hall–Kier alpha value is -4.39. The maximum atomic E-state index is 4.80. The predicted molar refractivity (Wildman–Crippen MR) is 127 cm³/mol. The highest BCUT2D eigenvalue weighted by Crippen LogP contribution is 2.26. The molecule has 5 aromatic heterocycles. The van der Waals surface area contributed by atoms with Crippen LogP contribution in [0.15, 0.2) is 61.5 Å². The summed E-state index contributed by atoms with van der Waals surface area (Å²) in [7, 11) is 0. The van der Waals surface area contributed by atoms with Crippen molar-refractivity contribution in [3.05, 3.63) is 83.2 Å². The fourth-order valence-electron chi connectivity index (χ4n) is 3.57. The second kappa shape index (κ2) is 8.03. The molecule has 0 saturated carbocycles. The molecule has 5 aromatic rings. The molecular weight excluding hydrogens is 398 g/mol. The number of fused-ring (bicyclic) bond motifs is 1. The predicted octanol–water partition coefficient (Wildman–Crippen LogP) is 3.41. The molecule has 0 saturated heterocycles. The number of nitrogens with zero attached hydrogens (tertiary/aromatic N) is 5. The normalized spacial score (nSPS) is 12.6. The molecule has 32 heavy (non-hydrogen) atoms. The summed E-state index contributed by atoms with van der Waals surface area (Å²) in [5.74, 6) is 0.641. The van der Waals surface area contributed by atoms with E-state index in [1.54, 1.807) is 24.8 Å². The first-order chi connectivity index (χ1) is 15.6. The minimum atomic E-state index is 0.641. The van der Waals surface area contributed by atoms with Crippen LogP contribution in [0.2, 0.25) is 0 Å². The molecule has 7 nitrogen and oxygen atoms in total. The number of H-pyrrole nitrogens is 2. The largest absolute Gasteiger partial charge is 0.335 e. The summed E-state index contributed by atoms with van der Waals surface area (Å²) in [6.07, 6.45) is 14.8. The van der Waals surface area contributed by atoms with Gasteiger partial charge in [-0.1, -0.05) is 18.7 Å². The number of aryl methyl sites for hydroxylation is 1. The lowest BCUT2D eigenvalue weighted by Crippen LogP contribution is -2.21. The highest BCUT2D eigenvalue weighted by Gasteiger charge is 2.13. The van der Waals surface area contributed by atoms with Crippen molar-refractivity contribution in [2.45, 2.75) is 13.8 Å². The highest BCUT2D eigenvalue weighted by atomic mass is 15.1. The summed E-state index contributed by atoms with van der Waals surface area (Å²) in [5, 5.41) is 9.12. The number of aromatic amines is 2. The summed E-state index contributed by atoms with van der Waals surface area (Å²) in [5.41, 5.74) is 7.51. The van der Waals surface area contributed by atoms with Gasteiger partial charge in [-0.2, -0.15) is 5.10 Å². The number of pyridine rings is 3. The summed E-state index contributed by atoms with van der Waals surface area (Å²) in [6.45, 7) is 8.31. The van der Waals surface area contributed by atoms with Crippen molar-refractivity contribution in [1.29, 1.82) is 0 Å². The van der Waals surface area contributed by atoms with Crippen LogP contribution in [0.5, 0.6) is 0 Å². The van der Waals surface area contributed by atoms with Crippen LogP contribution in [0.3, 0.4) is 0 Å². The van der Waals surface area contributed by atoms with Crippen molar-refractivity contribution in [3.8, 4) is 22.6 Å². The zero-order valence-electron chi connectivity index (χ0n) is 17.8. The van der Waals surface area contributed by atoms with Crippen molar-refractivity contribution < 1.29 is 0 Å². The minimum absolute atomic E-state index is 0.641. The molecule has 0 amide bonds. The lowest BCUT2D eigenvalue weighted by atomic mass is 10.1. The van der Waals surface area contributed by atoms with Gasteiger partial charge < -0.3 is 4.98 Å². The number of hydrogen-bond donors (Lipinski definition) is 2. The average Bonchev–Trinajstić information content (AvgIpc) is 3.41. The van der Waals surface area contributed by atoms with Crippen LogP contribution in [0.4, 0.5) is 0 Å². The van der Waals surface area contributed by atoms with Gasteiger partial charge in [0.25, 0.3) is 0 Å². The fraction of sp³-hybridized carbons (Fsp3) is 0.0800. The van der Waals surface area contributed by atoms with Crippen molar-refractivity contribution in [1.82, 2.24) is 35.1 Å². The van der Waals surface area contributed by atoms with E-state index in [4.69, 9.17) is 4.98 Å². The van der Waals surface area contributed by atoms with Gasteiger partial charge in [-0.15, -0.1) is 0 Å². The van der Waals surface area contributed by atoms with E-state index in [9.17, 15) is 0 Å². The maximum absolute atomic E-state index is 4.80. The second-order valence-electron chi connectivity index (χ2n) is 7.64. The Kier molecular flexibility index (Phi) is 4.91. The molecule has 2 N–H and O–H groups in total. The van der Waals surface area contributed by atoms with Crippen molar-refractivity contribution in [2.75, 3.05) is 0 Å². The molecule has 0 bridgehead atoms. The molecule has 0 aliphatic carbocycles. The van der Waals surface area contributed by atoms with Crippen LogP contribution in [0, 0.1) is 6.92 Å². The topological polar surface area (TPSA) is 96.0 Å². The van der Waals surface area contributed by atoms with Gasteiger partial charge in [0, 0.05) is 47.3 Å². The summed E-state index contributed by atoms with van der Waals surface area (Å²) >= 11 is 0. The number of nitrogens with one attached hydrogen (secondary N) is 2. The monoisotopic (exact) mass is 419 g/mol. The Balaban J connectivity index is 1.54. The summed E-state index contributed by atoms with van der Waals surface area (Å²) < 4.78 is 0. The smallest absolute Gasteiger partial charge is 0.159 e. The van der Waals surface area contributed by atoms with Crippen LogP contribution < -0.4 is 10.6 Å². The summed E-state index contributed by atoms with van der Waals surface area (Å²) in [4.78, 5) is 20.9. The van der Waals surface area contributed by atoms with Gasteiger partial charge in [0.2, 0.25) is 0 Å². The molecule has 0 unspecified atom stereocenters. The van der Waals surface area contributed by atoms with E-state index < -0.39 is 0 Å². The van der Waals surface area contributed by atoms with Crippen molar-refractivity contribution in [3.63, 3.8) is 0 Å². The van der Waals surface area contributed by atoms with Crippen molar-refractivity contribution in [2.24, 2.45) is 0 Å². The zero-order valence-corrected chi connectivity index (χ0v) is 17.8. The van der Waals surface area contributed by atoms with Gasteiger partial charge in [0.15, 0.2) is 5.82 Å². The number of hydrogen-bond acceptors (Lipinski definition) is 5. The van der Waals surface area contributed by atoms with Gasteiger partial charge in [-0.05, 0) is 48.8 Å². The standard InChI is InChI=1S/C25H21N7/c1-15-9-19(12-27-10-15)16(2)6-7-21-17(3)23(32-31-21)25-29-22-14-28-13-20(24(22)30-25)18-5-4-8-26-11-18/h4-14,31H,3H2,1-2H3,(H,29,30)/b16-6+,21-7+. The van der Waals surface area contributed by atoms with Crippen LogP contribution in [-0.2, 0) is 0 Å². The van der Waals surface area contributed by atoms with E-state index in [-0.39, 0.29) is 0 Å². The first-order valence-corrected chi connectivity index (χ1v) is 10.2. The second-order valence-corrected chi connectivity index (χ2v) is 7.64. The molecule has 0 radical (unpaired) electrons. The molecule has 7 heteroatoms. The lowest BCUT2D eigenvalue weighted by Gasteiger charge is -2.00. The van der Waals surface area contributed by atoms with E-state index in [0.29, 0.717) is 11.5 Å². The third-order valence-electron chi connectivity index (χ3n) is 5.32. The van der Waals surface area contributed by atoms with Crippen LogP contribution in [0.25, 0.3) is 51.9 Å². The molecule has 0 aliphatic rings. The van der Waals surface area contributed by atoms with E-state index in [1.807, 2.05) is 43.6 Å². The lowest BCUT2D eigenvalue weighted by molar-refractivity contribution is 1.06. The van der Waals surface area contributed by atoms with Gasteiger partial charge in [-0.3, -0.25) is 20.1 Å². The average molecular weight is 419 g/mol. The molecule has 0 fully saturated rings. The van der Waals surface area contributed by atoms with E-state index >= 15 is 0 Å². The quantitative estimate of drug-likeness (QED) is 0.465. The Bertz CT molecular complexity index is 1560. The van der Waals surface area contributed by atoms with E-state index in [2.05, 4.69) is 49.7 Å². The molecule has 5 heterocycles. The minimum Gasteiger partial charge on any atom is -0.335 e. The van der Waals surface area contributed by atoms with Crippen molar-refractivity contribution >= 4 is 29.3 Å².